The van der Waals surface area contributed by atoms with Crippen LogP contribution in [0.25, 0.3) is 10.9 Å². The van der Waals surface area contributed by atoms with E-state index in [0.29, 0.717) is 0 Å². The fraction of sp³-hybridized carbons (Fsp3) is 0.333. The quantitative estimate of drug-likeness (QED) is 0.856. The van der Waals surface area contributed by atoms with E-state index in [1.807, 2.05) is 35.6 Å². The summed E-state index contributed by atoms with van der Waals surface area (Å²) in [5, 5.41) is 11.7. The van der Waals surface area contributed by atoms with E-state index in [9.17, 15) is 22.8 Å². The van der Waals surface area contributed by atoms with Gasteiger partial charge in [-0.05, 0) is 17.5 Å². The Hall–Kier alpha value is -2.51. The highest BCUT2D eigenvalue weighted by Crippen LogP contribution is 2.21. The van der Waals surface area contributed by atoms with Gasteiger partial charge in [0.25, 0.3) is 0 Å². The average Bonchev–Trinajstić information content (AvgIpc) is 2.86. The Morgan fingerprint density at radius 2 is 1.91 bits per heavy atom. The zero-order chi connectivity index (χ0) is 17.0. The molecule has 0 aliphatic rings. The smallest absolute Gasteiger partial charge is 0.391 e. The highest BCUT2D eigenvalue weighted by Gasteiger charge is 2.36. The first kappa shape index (κ1) is 16.9. The van der Waals surface area contributed by atoms with Gasteiger partial charge in [-0.1, -0.05) is 18.2 Å². The number of aryl methyl sites for hydroxylation is 1. The summed E-state index contributed by atoms with van der Waals surface area (Å²) in [7, 11) is 0. The van der Waals surface area contributed by atoms with Gasteiger partial charge in [0.15, 0.2) is 0 Å². The van der Waals surface area contributed by atoms with Crippen molar-refractivity contribution >= 4 is 22.8 Å². The van der Waals surface area contributed by atoms with E-state index in [1.54, 1.807) is 10.8 Å². The van der Waals surface area contributed by atoms with Crippen molar-refractivity contribution in [1.82, 2.24) is 9.88 Å². The summed E-state index contributed by atoms with van der Waals surface area (Å²) >= 11 is 0. The van der Waals surface area contributed by atoms with Crippen LogP contribution in [-0.4, -0.2) is 33.8 Å². The van der Waals surface area contributed by atoms with Gasteiger partial charge in [0.2, 0.25) is 5.91 Å². The number of hydrogen-bond acceptors (Lipinski definition) is 2. The minimum atomic E-state index is -4.66. The van der Waals surface area contributed by atoms with Crippen LogP contribution in [0.5, 0.6) is 0 Å². The van der Waals surface area contributed by atoms with Crippen molar-refractivity contribution in [3.8, 4) is 0 Å². The van der Waals surface area contributed by atoms with Crippen molar-refractivity contribution in [2.75, 3.05) is 0 Å². The molecule has 1 aromatic heterocycles. The highest BCUT2D eigenvalue weighted by atomic mass is 19.4. The lowest BCUT2D eigenvalue weighted by Gasteiger charge is -2.16. The monoisotopic (exact) mass is 328 g/mol. The first-order chi connectivity index (χ1) is 10.8. The predicted molar refractivity (Wildman–Crippen MR) is 76.8 cm³/mol. The van der Waals surface area contributed by atoms with E-state index in [0.717, 1.165) is 10.9 Å². The Morgan fingerprint density at radius 3 is 2.57 bits per heavy atom. The van der Waals surface area contributed by atoms with Gasteiger partial charge in [-0.2, -0.15) is 13.2 Å². The van der Waals surface area contributed by atoms with E-state index in [-0.39, 0.29) is 13.0 Å². The summed E-state index contributed by atoms with van der Waals surface area (Å²) in [5.74, 6) is -2.44. The maximum Gasteiger partial charge on any atom is 0.391 e. The third kappa shape index (κ3) is 4.73. The van der Waals surface area contributed by atoms with E-state index in [1.165, 1.54) is 0 Å². The number of amides is 1. The van der Waals surface area contributed by atoms with Crippen LogP contribution in [0.1, 0.15) is 12.8 Å². The van der Waals surface area contributed by atoms with Crippen LogP contribution in [0, 0.1) is 0 Å². The van der Waals surface area contributed by atoms with Gasteiger partial charge < -0.3 is 15.0 Å². The molecule has 8 heteroatoms. The first-order valence-electron chi connectivity index (χ1n) is 6.89. The number of para-hydroxylation sites is 1. The summed E-state index contributed by atoms with van der Waals surface area (Å²) in [4.78, 5) is 22.5. The minimum absolute atomic E-state index is 0.111. The number of benzene rings is 1. The van der Waals surface area contributed by atoms with Gasteiger partial charge in [-0.3, -0.25) is 4.79 Å². The van der Waals surface area contributed by atoms with Gasteiger partial charge in [-0.15, -0.1) is 0 Å². The van der Waals surface area contributed by atoms with Gasteiger partial charge in [0.1, 0.15) is 6.04 Å². The van der Waals surface area contributed by atoms with Crippen molar-refractivity contribution < 1.29 is 27.9 Å². The lowest BCUT2D eigenvalue weighted by Crippen LogP contribution is -2.43. The molecule has 124 valence electrons. The van der Waals surface area contributed by atoms with Crippen LogP contribution < -0.4 is 5.32 Å². The number of rotatable bonds is 6. The number of fused-ring (bicyclic) bond motifs is 1. The van der Waals surface area contributed by atoms with Crippen molar-refractivity contribution in [2.24, 2.45) is 0 Å². The summed E-state index contributed by atoms with van der Waals surface area (Å²) in [6.45, 7) is 0.248. The number of hydrogen-bond donors (Lipinski definition) is 2. The number of carboxylic acids is 1. The molecule has 0 aliphatic carbocycles. The van der Waals surface area contributed by atoms with Crippen molar-refractivity contribution in [1.29, 1.82) is 0 Å². The minimum Gasteiger partial charge on any atom is -0.480 e. The zero-order valence-electron chi connectivity index (χ0n) is 12.0. The number of nitrogens with zero attached hydrogens (tertiary/aromatic N) is 1. The second-order valence-corrected chi connectivity index (χ2v) is 5.10. The zero-order valence-corrected chi connectivity index (χ0v) is 12.0. The molecule has 0 aliphatic heterocycles. The molecule has 0 fully saturated rings. The third-order valence-corrected chi connectivity index (χ3v) is 3.33. The second-order valence-electron chi connectivity index (χ2n) is 5.10. The predicted octanol–water partition coefficient (Wildman–Crippen LogP) is 2.55. The number of aromatic nitrogens is 1. The normalized spacial score (nSPS) is 13.0. The maximum absolute atomic E-state index is 12.3. The number of carboxylic acid groups (broad SMARTS) is 1. The largest absolute Gasteiger partial charge is 0.480 e. The summed E-state index contributed by atoms with van der Waals surface area (Å²) in [6, 6.07) is 7.35. The summed E-state index contributed by atoms with van der Waals surface area (Å²) in [6.07, 6.45) is -4.60. The molecule has 0 saturated carbocycles. The van der Waals surface area contributed by atoms with Crippen LogP contribution in [0.3, 0.4) is 0 Å². The van der Waals surface area contributed by atoms with E-state index in [4.69, 9.17) is 5.11 Å². The average molecular weight is 328 g/mol. The molecule has 1 amide bonds. The van der Waals surface area contributed by atoms with Gasteiger partial charge in [-0.25, -0.2) is 4.79 Å². The fourth-order valence-electron chi connectivity index (χ4n) is 2.26. The maximum atomic E-state index is 12.3. The van der Waals surface area contributed by atoms with Crippen LogP contribution in [0.2, 0.25) is 0 Å². The molecule has 1 heterocycles. The Bertz CT molecular complexity index is 709. The van der Waals surface area contributed by atoms with Crippen LogP contribution in [0.4, 0.5) is 13.2 Å². The lowest BCUT2D eigenvalue weighted by atomic mass is 10.2. The van der Waals surface area contributed by atoms with Crippen molar-refractivity contribution in [3.63, 3.8) is 0 Å². The SMILES string of the molecule is O=C(CCn1ccc2ccccc21)NC(CC(F)(F)F)C(=O)O. The molecule has 5 nitrogen and oxygen atoms in total. The Balaban J connectivity index is 1.95. The van der Waals surface area contributed by atoms with Crippen molar-refractivity contribution in [2.45, 2.75) is 31.6 Å². The molecule has 1 atom stereocenters. The molecule has 2 N–H and O–H groups in total. The highest BCUT2D eigenvalue weighted by molar-refractivity contribution is 5.84. The molecule has 1 aromatic carbocycles. The number of carbonyl (C=O) groups excluding carboxylic acids is 1. The fourth-order valence-corrected chi connectivity index (χ4v) is 2.26. The molecule has 0 spiro atoms. The van der Waals surface area contributed by atoms with E-state index in [2.05, 4.69) is 0 Å². The number of carbonyl (C=O) groups is 2. The molecule has 23 heavy (non-hydrogen) atoms. The Morgan fingerprint density at radius 1 is 1.22 bits per heavy atom. The Labute approximate surface area is 129 Å². The number of aliphatic carboxylic acids is 1. The first-order valence-corrected chi connectivity index (χ1v) is 6.89. The number of alkyl halides is 3. The molecule has 2 aromatic rings. The van der Waals surface area contributed by atoms with E-state index >= 15 is 0 Å². The summed E-state index contributed by atoms with van der Waals surface area (Å²) < 4.78 is 38.6. The van der Waals surface area contributed by atoms with Crippen LogP contribution in [0.15, 0.2) is 36.5 Å². The summed E-state index contributed by atoms with van der Waals surface area (Å²) in [5.41, 5.74) is 0.894. The Kier molecular flexibility index (Phi) is 4.92. The second kappa shape index (κ2) is 6.72. The topological polar surface area (TPSA) is 71.3 Å². The van der Waals surface area contributed by atoms with Gasteiger partial charge in [0.05, 0.1) is 6.42 Å². The number of halogens is 3. The van der Waals surface area contributed by atoms with Gasteiger partial charge in [0, 0.05) is 24.7 Å². The molecule has 2 rings (SSSR count). The molecular formula is C15H15F3N2O3. The molecule has 0 bridgehead atoms. The molecule has 1 unspecified atom stereocenters. The van der Waals surface area contributed by atoms with Gasteiger partial charge >= 0.3 is 12.1 Å². The molecular weight excluding hydrogens is 313 g/mol. The van der Waals surface area contributed by atoms with Crippen LogP contribution in [-0.2, 0) is 16.1 Å². The molecule has 0 radical (unpaired) electrons. The van der Waals surface area contributed by atoms with E-state index < -0.39 is 30.5 Å². The standard InChI is InChI=1S/C15H15F3N2O3/c16-15(17,18)9-11(14(22)23)19-13(21)6-8-20-7-5-10-3-1-2-4-12(10)20/h1-5,7,11H,6,8-9H2,(H,19,21)(H,22,23). The van der Waals surface area contributed by atoms with Crippen LogP contribution >= 0.6 is 0 Å². The lowest BCUT2D eigenvalue weighted by molar-refractivity contribution is -0.160. The molecule has 0 saturated heterocycles. The third-order valence-electron chi connectivity index (χ3n) is 3.33. The number of nitrogens with one attached hydrogen (secondary N) is 1. The van der Waals surface area contributed by atoms with Crippen molar-refractivity contribution in [3.05, 3.63) is 36.5 Å².